The molecule has 0 spiro atoms. The highest BCUT2D eigenvalue weighted by molar-refractivity contribution is 6.33. The number of fused-ring (bicyclic) bond motifs is 1. The quantitative estimate of drug-likeness (QED) is 0.214. The smallest absolute Gasteiger partial charge is 0.418 e. The summed E-state index contributed by atoms with van der Waals surface area (Å²) in [5.74, 6) is -0.362. The van der Waals surface area contributed by atoms with E-state index in [-0.39, 0.29) is 61.2 Å². The first-order chi connectivity index (χ1) is 29.7. The molecule has 338 valence electrons. The summed E-state index contributed by atoms with van der Waals surface area (Å²) in [5.41, 5.74) is 5.81. The summed E-state index contributed by atoms with van der Waals surface area (Å²) in [4.78, 5) is 74.7. The molecule has 0 aromatic heterocycles. The number of nitrogen functional groups attached to an aromatic ring is 1. The van der Waals surface area contributed by atoms with Gasteiger partial charge in [-0.3, -0.25) is 19.3 Å². The van der Waals surface area contributed by atoms with Crippen molar-refractivity contribution in [1.29, 1.82) is 0 Å². The van der Waals surface area contributed by atoms with Crippen molar-refractivity contribution in [1.82, 2.24) is 24.5 Å². The van der Waals surface area contributed by atoms with Gasteiger partial charge in [0.15, 0.2) is 12.7 Å². The molecule has 4 fully saturated rings. The van der Waals surface area contributed by atoms with E-state index < -0.39 is 41.5 Å². The number of hydrogen-bond acceptors (Lipinski definition) is 9. The number of para-hydroxylation sites is 1. The fourth-order valence-corrected chi connectivity index (χ4v) is 9.94. The van der Waals surface area contributed by atoms with E-state index in [4.69, 9.17) is 26.8 Å². The molecule has 0 aliphatic carbocycles. The molecule has 1 atom stereocenters. The molecular formula is C44H57ClF3N7O7. The van der Waals surface area contributed by atoms with Crippen LogP contribution < -0.4 is 11.1 Å². The van der Waals surface area contributed by atoms with Gasteiger partial charge in [0.25, 0.3) is 11.8 Å². The minimum absolute atomic E-state index is 0.0497. The first kappa shape index (κ1) is 45.3. The fourth-order valence-electron chi connectivity index (χ4n) is 9.70. The Bertz CT molecular complexity index is 1940. The molecule has 0 saturated carbocycles. The number of nitrogens with two attached hydrogens (primary N) is 1. The Labute approximate surface area is 365 Å². The van der Waals surface area contributed by atoms with Gasteiger partial charge in [0, 0.05) is 64.0 Å². The molecule has 0 unspecified atom stereocenters. The molecule has 5 aliphatic rings. The standard InChI is InChI=1S/C44H57ClF3N7O7/c45-35-25-29(24-34(40(35)49)44(46,47)48)26-37(62-43(60)54-21-13-33(14-22-54)55-23-12-32-6-2-3-7-36(32)50-42(55)59)41(58)53-19-10-31(11-20-53)30-8-17-51(18-9-30)27-39(57)61-28-38(56)52-15-4-1-5-16-52/h2-3,6-7,24-25,30-31,33,37H,1,4-5,8-23,26-28,49H2,(H,50,59)/t37-/m1/s1. The van der Waals surface area contributed by atoms with Crippen molar-refractivity contribution in [3.8, 4) is 0 Å². The SMILES string of the molecule is Nc1c(Cl)cc(C[C@@H](OC(=O)N2CCC(N3CCc4ccccc4NC3=O)CC2)C(=O)N2CCC(C3CCN(CC(=O)OCC(=O)N4CCCCC4)CC3)CC2)cc1C(F)(F)F. The van der Waals surface area contributed by atoms with Crippen molar-refractivity contribution >= 4 is 52.9 Å². The number of ether oxygens (including phenoxy) is 2. The average Bonchev–Trinajstić information content (AvgIpc) is 3.44. The van der Waals surface area contributed by atoms with Gasteiger partial charge in [-0.05, 0) is 118 Å². The second kappa shape index (κ2) is 20.2. The lowest BCUT2D eigenvalue weighted by Gasteiger charge is -2.41. The van der Waals surface area contributed by atoms with Gasteiger partial charge in [0.2, 0.25) is 0 Å². The molecule has 5 heterocycles. The van der Waals surface area contributed by atoms with E-state index in [0.717, 1.165) is 49.4 Å². The van der Waals surface area contributed by atoms with Crippen LogP contribution in [0.15, 0.2) is 36.4 Å². The number of benzene rings is 2. The second-order valence-electron chi connectivity index (χ2n) is 17.2. The number of urea groups is 1. The highest BCUT2D eigenvalue weighted by Gasteiger charge is 2.39. The van der Waals surface area contributed by atoms with Crippen molar-refractivity contribution in [3.63, 3.8) is 0 Å². The van der Waals surface area contributed by atoms with Crippen LogP contribution in [0.3, 0.4) is 0 Å². The third-order valence-electron chi connectivity index (χ3n) is 13.3. The number of anilines is 2. The Hall–Kier alpha value is -4.77. The Balaban J connectivity index is 0.926. The lowest BCUT2D eigenvalue weighted by molar-refractivity contribution is -0.153. The zero-order chi connectivity index (χ0) is 44.0. The van der Waals surface area contributed by atoms with Crippen LogP contribution in [0.25, 0.3) is 0 Å². The molecule has 7 rings (SSSR count). The zero-order valence-corrected chi connectivity index (χ0v) is 35.8. The minimum Gasteiger partial charge on any atom is -0.455 e. The molecule has 5 amide bonds. The van der Waals surface area contributed by atoms with Crippen LogP contribution in [0, 0.1) is 11.8 Å². The number of alkyl halides is 3. The van der Waals surface area contributed by atoms with Crippen LogP contribution in [-0.2, 0) is 42.9 Å². The van der Waals surface area contributed by atoms with Gasteiger partial charge in [-0.1, -0.05) is 29.8 Å². The number of nitrogens with one attached hydrogen (secondary N) is 1. The summed E-state index contributed by atoms with van der Waals surface area (Å²) in [7, 11) is 0. The number of halogens is 4. The first-order valence-electron chi connectivity index (χ1n) is 21.9. The van der Waals surface area contributed by atoms with Gasteiger partial charge < -0.3 is 40.1 Å². The number of esters is 1. The summed E-state index contributed by atoms with van der Waals surface area (Å²) < 4.78 is 53.0. The Morgan fingerprint density at radius 1 is 0.823 bits per heavy atom. The molecule has 2 aromatic carbocycles. The topological polar surface area (TPSA) is 158 Å². The van der Waals surface area contributed by atoms with Crippen LogP contribution in [0.4, 0.5) is 34.1 Å². The van der Waals surface area contributed by atoms with Crippen LogP contribution in [0.5, 0.6) is 0 Å². The van der Waals surface area contributed by atoms with E-state index >= 15 is 0 Å². The van der Waals surface area contributed by atoms with E-state index in [1.807, 2.05) is 29.2 Å². The number of likely N-dealkylation sites (tertiary alicyclic amines) is 4. The molecule has 0 radical (unpaired) electrons. The summed E-state index contributed by atoms with van der Waals surface area (Å²) in [6.45, 7) is 4.53. The second-order valence-corrected chi connectivity index (χ2v) is 17.6. The molecule has 0 bridgehead atoms. The maximum atomic E-state index is 14.2. The van der Waals surface area contributed by atoms with Crippen molar-refractivity contribution in [3.05, 3.63) is 58.1 Å². The molecule has 62 heavy (non-hydrogen) atoms. The predicted octanol–water partition coefficient (Wildman–Crippen LogP) is 6.05. The van der Waals surface area contributed by atoms with Crippen molar-refractivity contribution in [2.24, 2.45) is 11.8 Å². The van der Waals surface area contributed by atoms with Gasteiger partial charge >= 0.3 is 24.3 Å². The molecule has 3 N–H and O–H groups in total. The lowest BCUT2D eigenvalue weighted by Crippen LogP contribution is -2.52. The lowest BCUT2D eigenvalue weighted by atomic mass is 9.78. The van der Waals surface area contributed by atoms with Gasteiger partial charge in [0.1, 0.15) is 0 Å². The summed E-state index contributed by atoms with van der Waals surface area (Å²) in [6.07, 6.45) is 0.501. The van der Waals surface area contributed by atoms with Crippen molar-refractivity contribution < 1.29 is 46.6 Å². The Morgan fingerprint density at radius 3 is 2.15 bits per heavy atom. The third-order valence-corrected chi connectivity index (χ3v) is 13.6. The van der Waals surface area contributed by atoms with E-state index in [1.54, 1.807) is 14.7 Å². The molecular weight excluding hydrogens is 831 g/mol. The molecule has 14 nitrogen and oxygen atoms in total. The number of hydrogen-bond donors (Lipinski definition) is 2. The molecule has 4 saturated heterocycles. The van der Waals surface area contributed by atoms with Gasteiger partial charge in [-0.25, -0.2) is 9.59 Å². The maximum absolute atomic E-state index is 14.2. The number of amides is 5. The zero-order valence-electron chi connectivity index (χ0n) is 35.0. The van der Waals surface area contributed by atoms with Crippen molar-refractivity contribution in [2.75, 3.05) is 83.1 Å². The summed E-state index contributed by atoms with van der Waals surface area (Å²) in [6, 6.07) is 9.44. The summed E-state index contributed by atoms with van der Waals surface area (Å²) in [5, 5.41) is 2.67. The van der Waals surface area contributed by atoms with E-state index in [0.29, 0.717) is 89.8 Å². The van der Waals surface area contributed by atoms with Crippen LogP contribution in [0.2, 0.25) is 5.02 Å². The van der Waals surface area contributed by atoms with E-state index in [2.05, 4.69) is 5.32 Å². The number of nitrogens with zero attached hydrogens (tertiary/aromatic N) is 5. The van der Waals surface area contributed by atoms with Crippen LogP contribution in [-0.4, -0.2) is 139 Å². The highest BCUT2D eigenvalue weighted by atomic mass is 35.5. The normalized spacial score (nSPS) is 20.5. The largest absolute Gasteiger partial charge is 0.455 e. The molecule has 18 heteroatoms. The molecule has 5 aliphatic heterocycles. The van der Waals surface area contributed by atoms with Crippen LogP contribution in [0.1, 0.15) is 74.5 Å². The van der Waals surface area contributed by atoms with E-state index in [9.17, 15) is 37.1 Å². The molecule has 2 aromatic rings. The Morgan fingerprint density at radius 2 is 1.47 bits per heavy atom. The summed E-state index contributed by atoms with van der Waals surface area (Å²) >= 11 is 6.16. The van der Waals surface area contributed by atoms with Crippen LogP contribution >= 0.6 is 11.6 Å². The van der Waals surface area contributed by atoms with Crippen molar-refractivity contribution in [2.45, 2.75) is 89.0 Å². The number of carbonyl (C=O) groups excluding carboxylic acids is 5. The van der Waals surface area contributed by atoms with Gasteiger partial charge in [0.05, 0.1) is 22.8 Å². The van der Waals surface area contributed by atoms with E-state index in [1.165, 1.54) is 11.0 Å². The number of piperidine rings is 4. The van der Waals surface area contributed by atoms with Gasteiger partial charge in [-0.2, -0.15) is 13.2 Å². The predicted molar refractivity (Wildman–Crippen MR) is 225 cm³/mol. The first-order valence-corrected chi connectivity index (χ1v) is 22.3. The number of rotatable bonds is 10. The third kappa shape index (κ3) is 11.2. The average molecular weight is 888 g/mol. The Kier molecular flexibility index (Phi) is 14.7. The van der Waals surface area contributed by atoms with Gasteiger partial charge in [-0.15, -0.1) is 0 Å². The maximum Gasteiger partial charge on any atom is 0.418 e. The fraction of sp³-hybridized carbons (Fsp3) is 0.614. The number of carbonyl (C=O) groups is 5. The monoisotopic (exact) mass is 887 g/mol. The highest BCUT2D eigenvalue weighted by Crippen LogP contribution is 2.39. The minimum atomic E-state index is -4.80.